The predicted molar refractivity (Wildman–Crippen MR) is 79.8 cm³/mol. The van der Waals surface area contributed by atoms with Crippen LogP contribution in [0.4, 0.5) is 0 Å². The largest absolute Gasteiger partial charge is 0.483 e. The lowest BCUT2D eigenvalue weighted by atomic mass is 10.1. The number of benzene rings is 1. The second kappa shape index (κ2) is 5.98. The highest BCUT2D eigenvalue weighted by Gasteiger charge is 2.21. The minimum absolute atomic E-state index is 0.213. The van der Waals surface area contributed by atoms with Gasteiger partial charge in [-0.15, -0.1) is 0 Å². The van der Waals surface area contributed by atoms with Crippen LogP contribution in [0, 0.1) is 0 Å². The van der Waals surface area contributed by atoms with Crippen molar-refractivity contribution in [1.29, 1.82) is 0 Å². The standard InChI is InChI=1S/C13H19NO3S2/c1-5-17-12(18)10-6-8-11(9-7-10)19(15,16)14-13(2,3)4/h6-9,14H,5H2,1-4H3. The Morgan fingerprint density at radius 2 is 1.79 bits per heavy atom. The van der Waals surface area contributed by atoms with Crippen molar-refractivity contribution in [2.75, 3.05) is 6.61 Å². The van der Waals surface area contributed by atoms with Crippen LogP contribution in [0.15, 0.2) is 29.2 Å². The van der Waals surface area contributed by atoms with Gasteiger partial charge in [-0.1, -0.05) is 0 Å². The first-order valence-corrected chi connectivity index (χ1v) is 7.86. The predicted octanol–water partition coefficient (Wildman–Crippen LogP) is 2.48. The summed E-state index contributed by atoms with van der Waals surface area (Å²) in [6.07, 6.45) is 0. The first kappa shape index (κ1) is 16.1. The second-order valence-corrected chi connectivity index (χ2v) is 7.15. The summed E-state index contributed by atoms with van der Waals surface area (Å²) in [7, 11) is -3.51. The van der Waals surface area contributed by atoms with Crippen molar-refractivity contribution < 1.29 is 13.2 Å². The van der Waals surface area contributed by atoms with Crippen molar-refractivity contribution in [2.24, 2.45) is 0 Å². The number of ether oxygens (including phenoxy) is 1. The lowest BCUT2D eigenvalue weighted by molar-refractivity contribution is 0.337. The zero-order valence-corrected chi connectivity index (χ0v) is 13.2. The number of nitrogens with one attached hydrogen (secondary N) is 1. The first-order chi connectivity index (χ1) is 8.65. The zero-order valence-electron chi connectivity index (χ0n) is 11.6. The van der Waals surface area contributed by atoms with Crippen LogP contribution in [0.2, 0.25) is 0 Å². The summed E-state index contributed by atoms with van der Waals surface area (Å²) in [5, 5.41) is 0.371. The third-order valence-corrected chi connectivity index (χ3v) is 4.24. The maximum absolute atomic E-state index is 12.1. The molecule has 0 aliphatic rings. The van der Waals surface area contributed by atoms with Crippen LogP contribution in [-0.4, -0.2) is 25.6 Å². The van der Waals surface area contributed by atoms with Crippen LogP contribution in [0.5, 0.6) is 0 Å². The summed E-state index contributed by atoms with van der Waals surface area (Å²) in [6.45, 7) is 7.72. The smallest absolute Gasteiger partial charge is 0.241 e. The van der Waals surface area contributed by atoms with E-state index in [0.717, 1.165) is 0 Å². The molecule has 1 N–H and O–H groups in total. The Balaban J connectivity index is 2.96. The van der Waals surface area contributed by atoms with Gasteiger partial charge in [0.15, 0.2) is 5.05 Å². The molecule has 0 radical (unpaired) electrons. The SMILES string of the molecule is CCOC(=S)c1ccc(S(=O)(=O)NC(C)(C)C)cc1. The van der Waals surface area contributed by atoms with Gasteiger partial charge in [-0.2, -0.15) is 0 Å². The van der Waals surface area contributed by atoms with Gasteiger partial charge in [0.1, 0.15) is 0 Å². The van der Waals surface area contributed by atoms with Crippen molar-refractivity contribution >= 4 is 27.3 Å². The Morgan fingerprint density at radius 3 is 2.21 bits per heavy atom. The molecule has 106 valence electrons. The molecule has 1 aromatic carbocycles. The van der Waals surface area contributed by atoms with E-state index < -0.39 is 15.6 Å². The number of rotatable bonds is 4. The number of sulfonamides is 1. The van der Waals surface area contributed by atoms with Gasteiger partial charge in [0.05, 0.1) is 11.5 Å². The van der Waals surface area contributed by atoms with Crippen molar-refractivity contribution in [1.82, 2.24) is 4.72 Å². The Hall–Kier alpha value is -0.980. The number of thiocarbonyl (C=S) groups is 1. The van der Waals surface area contributed by atoms with E-state index in [9.17, 15) is 8.42 Å². The minimum atomic E-state index is -3.51. The van der Waals surface area contributed by atoms with Gasteiger partial charge >= 0.3 is 0 Å². The van der Waals surface area contributed by atoms with Gasteiger partial charge < -0.3 is 4.74 Å². The zero-order chi connectivity index (χ0) is 14.7. The van der Waals surface area contributed by atoms with E-state index in [1.807, 2.05) is 6.92 Å². The van der Waals surface area contributed by atoms with Gasteiger partial charge in [0.25, 0.3) is 0 Å². The third kappa shape index (κ3) is 4.89. The van der Waals surface area contributed by atoms with E-state index in [0.29, 0.717) is 17.2 Å². The highest BCUT2D eigenvalue weighted by atomic mass is 32.2. The molecule has 0 heterocycles. The lowest BCUT2D eigenvalue weighted by Crippen LogP contribution is -2.40. The molecule has 1 rings (SSSR count). The third-order valence-electron chi connectivity index (χ3n) is 2.12. The molecule has 0 unspecified atom stereocenters. The molecule has 0 aromatic heterocycles. The fourth-order valence-corrected chi connectivity index (χ4v) is 3.12. The summed E-state index contributed by atoms with van der Waals surface area (Å²) in [5.41, 5.74) is 0.185. The van der Waals surface area contributed by atoms with Crippen LogP contribution < -0.4 is 4.72 Å². The quantitative estimate of drug-likeness (QED) is 0.868. The van der Waals surface area contributed by atoms with E-state index in [4.69, 9.17) is 17.0 Å². The maximum Gasteiger partial charge on any atom is 0.241 e. The highest BCUT2D eigenvalue weighted by molar-refractivity contribution is 7.89. The molecule has 0 saturated heterocycles. The average Bonchev–Trinajstić information content (AvgIpc) is 2.26. The van der Waals surface area contributed by atoms with Crippen LogP contribution >= 0.6 is 12.2 Å². The molecule has 0 aliphatic carbocycles. The minimum Gasteiger partial charge on any atom is -0.483 e. The van der Waals surface area contributed by atoms with Gasteiger partial charge in [-0.25, -0.2) is 13.1 Å². The fraction of sp³-hybridized carbons (Fsp3) is 0.462. The topological polar surface area (TPSA) is 55.4 Å². The molecule has 0 saturated carbocycles. The van der Waals surface area contributed by atoms with Crippen molar-refractivity contribution in [2.45, 2.75) is 38.1 Å². The summed E-state index contributed by atoms with van der Waals surface area (Å²) in [6, 6.07) is 6.34. The normalized spacial score (nSPS) is 12.2. The Bertz CT molecular complexity index is 542. The molecular weight excluding hydrogens is 282 g/mol. The summed E-state index contributed by atoms with van der Waals surface area (Å²) in [5.74, 6) is 0. The first-order valence-electron chi connectivity index (χ1n) is 5.97. The van der Waals surface area contributed by atoms with Gasteiger partial charge in [0.2, 0.25) is 10.0 Å². The van der Waals surface area contributed by atoms with E-state index in [-0.39, 0.29) is 4.90 Å². The van der Waals surface area contributed by atoms with Gasteiger partial charge in [-0.3, -0.25) is 0 Å². The van der Waals surface area contributed by atoms with Crippen LogP contribution in [-0.2, 0) is 14.8 Å². The highest BCUT2D eigenvalue weighted by Crippen LogP contribution is 2.14. The van der Waals surface area contributed by atoms with E-state index in [1.165, 1.54) is 12.1 Å². The summed E-state index contributed by atoms with van der Waals surface area (Å²) in [4.78, 5) is 0.213. The fourth-order valence-electron chi connectivity index (χ4n) is 1.45. The van der Waals surface area contributed by atoms with Crippen molar-refractivity contribution in [3.8, 4) is 0 Å². The number of hydrogen-bond donors (Lipinski definition) is 1. The molecule has 1 aromatic rings. The van der Waals surface area contributed by atoms with Gasteiger partial charge in [0, 0.05) is 11.1 Å². The molecule has 6 heteroatoms. The molecule has 19 heavy (non-hydrogen) atoms. The summed E-state index contributed by atoms with van der Waals surface area (Å²) < 4.78 is 32.0. The molecule has 0 aliphatic heterocycles. The molecule has 4 nitrogen and oxygen atoms in total. The molecule has 0 spiro atoms. The van der Waals surface area contributed by atoms with Crippen LogP contribution in [0.1, 0.15) is 33.3 Å². The molecule has 0 bridgehead atoms. The second-order valence-electron chi connectivity index (χ2n) is 5.10. The molecule has 0 amide bonds. The Morgan fingerprint density at radius 1 is 1.26 bits per heavy atom. The van der Waals surface area contributed by atoms with Crippen molar-refractivity contribution in [3.05, 3.63) is 29.8 Å². The lowest BCUT2D eigenvalue weighted by Gasteiger charge is -2.20. The molecule has 0 fully saturated rings. The maximum atomic E-state index is 12.1. The number of hydrogen-bond acceptors (Lipinski definition) is 4. The van der Waals surface area contributed by atoms with Crippen LogP contribution in [0.3, 0.4) is 0 Å². The van der Waals surface area contributed by atoms with E-state index in [2.05, 4.69) is 4.72 Å². The van der Waals surface area contributed by atoms with E-state index >= 15 is 0 Å². The Kier molecular flexibility index (Phi) is 5.06. The van der Waals surface area contributed by atoms with Crippen LogP contribution in [0.25, 0.3) is 0 Å². The van der Waals surface area contributed by atoms with Gasteiger partial charge in [-0.05, 0) is 64.2 Å². The molecule has 0 atom stereocenters. The Labute approximate surface area is 120 Å². The summed E-state index contributed by atoms with van der Waals surface area (Å²) >= 11 is 5.06. The average molecular weight is 301 g/mol. The molecular formula is C13H19NO3S2. The van der Waals surface area contributed by atoms with Crippen molar-refractivity contribution in [3.63, 3.8) is 0 Å². The monoisotopic (exact) mass is 301 g/mol. The van der Waals surface area contributed by atoms with E-state index in [1.54, 1.807) is 32.9 Å².